The molecule has 0 aromatic heterocycles. The first-order valence-corrected chi connectivity index (χ1v) is 8.18. The lowest BCUT2D eigenvalue weighted by atomic mass is 9.96. The standard InChI is InChI=1S/C20H21F2NO3/c1-12-5-4-6-13(2)16(12)11-18(20(25)26-3)23-19(24)9-14-7-8-15(21)10-17(14)22/h4-8,10,18H,9,11H2,1-3H3,(H,23,24)/t18-/m0/s1. The summed E-state index contributed by atoms with van der Waals surface area (Å²) in [7, 11) is 1.24. The minimum Gasteiger partial charge on any atom is -0.467 e. The van der Waals surface area contributed by atoms with E-state index in [1.807, 2.05) is 32.0 Å². The highest BCUT2D eigenvalue weighted by Gasteiger charge is 2.24. The number of esters is 1. The Morgan fingerprint density at radius 2 is 1.77 bits per heavy atom. The Bertz CT molecular complexity index is 800. The number of nitrogens with one attached hydrogen (secondary N) is 1. The van der Waals surface area contributed by atoms with Crippen LogP contribution in [0.3, 0.4) is 0 Å². The average molecular weight is 361 g/mol. The minimum atomic E-state index is -0.893. The zero-order chi connectivity index (χ0) is 19.3. The van der Waals surface area contributed by atoms with Crippen LogP contribution in [0.4, 0.5) is 8.78 Å². The molecular formula is C20H21F2NO3. The summed E-state index contributed by atoms with van der Waals surface area (Å²) in [6.45, 7) is 3.85. The molecule has 0 spiro atoms. The Balaban J connectivity index is 2.14. The number of methoxy groups -OCH3 is 1. The molecule has 0 unspecified atom stereocenters. The Hall–Kier alpha value is -2.76. The molecule has 0 fully saturated rings. The third-order valence-electron chi connectivity index (χ3n) is 4.24. The van der Waals surface area contributed by atoms with Crippen molar-refractivity contribution in [3.05, 3.63) is 70.3 Å². The third kappa shape index (κ3) is 4.88. The first-order chi connectivity index (χ1) is 12.3. The lowest BCUT2D eigenvalue weighted by Crippen LogP contribution is -2.44. The number of carbonyl (C=O) groups excluding carboxylic acids is 2. The first kappa shape index (κ1) is 19.6. The Morgan fingerprint density at radius 3 is 2.35 bits per heavy atom. The largest absolute Gasteiger partial charge is 0.467 e. The van der Waals surface area contributed by atoms with Crippen LogP contribution in [0.2, 0.25) is 0 Å². The molecule has 0 radical (unpaired) electrons. The van der Waals surface area contributed by atoms with E-state index in [1.54, 1.807) is 0 Å². The monoisotopic (exact) mass is 361 g/mol. The molecule has 6 heteroatoms. The molecule has 2 aromatic carbocycles. The maximum atomic E-state index is 13.7. The Kier molecular flexibility index (Phi) is 6.44. The maximum absolute atomic E-state index is 13.7. The van der Waals surface area contributed by atoms with Crippen LogP contribution >= 0.6 is 0 Å². The van der Waals surface area contributed by atoms with Gasteiger partial charge < -0.3 is 10.1 Å². The molecule has 26 heavy (non-hydrogen) atoms. The van der Waals surface area contributed by atoms with E-state index in [4.69, 9.17) is 4.74 Å². The molecule has 0 bridgehead atoms. The molecule has 2 aromatic rings. The zero-order valence-electron chi connectivity index (χ0n) is 14.9. The van der Waals surface area contributed by atoms with Crippen molar-refractivity contribution in [3.8, 4) is 0 Å². The summed E-state index contributed by atoms with van der Waals surface area (Å²) in [6, 6.07) is 7.88. The van der Waals surface area contributed by atoms with Crippen LogP contribution in [0.15, 0.2) is 36.4 Å². The summed E-state index contributed by atoms with van der Waals surface area (Å²) >= 11 is 0. The van der Waals surface area contributed by atoms with Crippen LogP contribution in [0, 0.1) is 25.5 Å². The van der Waals surface area contributed by atoms with Gasteiger partial charge in [-0.15, -0.1) is 0 Å². The molecule has 0 aliphatic carbocycles. The molecule has 0 aliphatic rings. The van der Waals surface area contributed by atoms with Crippen LogP contribution in [-0.4, -0.2) is 25.0 Å². The van der Waals surface area contributed by atoms with E-state index in [-0.39, 0.29) is 18.4 Å². The van der Waals surface area contributed by atoms with Gasteiger partial charge in [0, 0.05) is 12.5 Å². The summed E-state index contributed by atoms with van der Waals surface area (Å²) in [5, 5.41) is 2.59. The first-order valence-electron chi connectivity index (χ1n) is 8.18. The van der Waals surface area contributed by atoms with E-state index in [0.717, 1.165) is 28.8 Å². The van der Waals surface area contributed by atoms with Crippen molar-refractivity contribution < 1.29 is 23.1 Å². The van der Waals surface area contributed by atoms with Crippen molar-refractivity contribution >= 4 is 11.9 Å². The van der Waals surface area contributed by atoms with Crippen molar-refractivity contribution in [2.75, 3.05) is 7.11 Å². The minimum absolute atomic E-state index is 0.0552. The van der Waals surface area contributed by atoms with Gasteiger partial charge in [-0.3, -0.25) is 4.79 Å². The Morgan fingerprint density at radius 1 is 1.12 bits per heavy atom. The van der Waals surface area contributed by atoms with Gasteiger partial charge in [-0.2, -0.15) is 0 Å². The maximum Gasteiger partial charge on any atom is 0.328 e. The lowest BCUT2D eigenvalue weighted by Gasteiger charge is -2.19. The summed E-state index contributed by atoms with van der Waals surface area (Å²) < 4.78 is 31.5. The van der Waals surface area contributed by atoms with Gasteiger partial charge in [0.1, 0.15) is 17.7 Å². The van der Waals surface area contributed by atoms with Crippen LogP contribution < -0.4 is 5.32 Å². The van der Waals surface area contributed by atoms with Crippen molar-refractivity contribution in [1.29, 1.82) is 0 Å². The predicted octanol–water partition coefficient (Wildman–Crippen LogP) is 3.02. The highest BCUT2D eigenvalue weighted by molar-refractivity contribution is 5.86. The van der Waals surface area contributed by atoms with E-state index < -0.39 is 29.6 Å². The summed E-state index contributed by atoms with van der Waals surface area (Å²) in [4.78, 5) is 24.3. The second-order valence-electron chi connectivity index (χ2n) is 6.13. The van der Waals surface area contributed by atoms with Crippen molar-refractivity contribution in [2.24, 2.45) is 0 Å². The Labute approximate surface area is 151 Å². The zero-order valence-corrected chi connectivity index (χ0v) is 14.9. The van der Waals surface area contributed by atoms with Gasteiger partial charge in [0.05, 0.1) is 13.5 Å². The molecule has 0 saturated heterocycles. The molecule has 0 saturated carbocycles. The molecule has 1 atom stereocenters. The number of ether oxygens (including phenoxy) is 1. The van der Waals surface area contributed by atoms with E-state index in [0.29, 0.717) is 0 Å². The van der Waals surface area contributed by atoms with Crippen molar-refractivity contribution in [2.45, 2.75) is 32.7 Å². The van der Waals surface area contributed by atoms with Crippen LogP contribution in [-0.2, 0) is 27.2 Å². The average Bonchev–Trinajstić information content (AvgIpc) is 2.59. The van der Waals surface area contributed by atoms with Gasteiger partial charge in [0.15, 0.2) is 0 Å². The number of hydrogen-bond acceptors (Lipinski definition) is 3. The van der Waals surface area contributed by atoms with Gasteiger partial charge in [-0.1, -0.05) is 24.3 Å². The molecule has 0 aliphatic heterocycles. The quantitative estimate of drug-likeness (QED) is 0.805. The fourth-order valence-electron chi connectivity index (χ4n) is 2.79. The molecule has 1 N–H and O–H groups in total. The van der Waals surface area contributed by atoms with E-state index in [2.05, 4.69) is 5.32 Å². The van der Waals surface area contributed by atoms with Crippen LogP contribution in [0.5, 0.6) is 0 Å². The van der Waals surface area contributed by atoms with Crippen molar-refractivity contribution in [1.82, 2.24) is 5.32 Å². The number of halogens is 2. The number of aryl methyl sites for hydroxylation is 2. The second kappa shape index (κ2) is 8.56. The lowest BCUT2D eigenvalue weighted by molar-refractivity contribution is -0.145. The highest BCUT2D eigenvalue weighted by atomic mass is 19.1. The normalized spacial score (nSPS) is 11.7. The predicted molar refractivity (Wildman–Crippen MR) is 93.6 cm³/mol. The summed E-state index contributed by atoms with van der Waals surface area (Å²) in [5.41, 5.74) is 2.99. The SMILES string of the molecule is COC(=O)[C@H](Cc1c(C)cccc1C)NC(=O)Cc1ccc(F)cc1F. The fraction of sp³-hybridized carbons (Fsp3) is 0.300. The summed E-state index contributed by atoms with van der Waals surface area (Å²) in [6.07, 6.45) is -0.0326. The highest BCUT2D eigenvalue weighted by Crippen LogP contribution is 2.16. The van der Waals surface area contributed by atoms with E-state index in [9.17, 15) is 18.4 Å². The van der Waals surface area contributed by atoms with Crippen LogP contribution in [0.25, 0.3) is 0 Å². The van der Waals surface area contributed by atoms with Gasteiger partial charge in [0.2, 0.25) is 5.91 Å². The van der Waals surface area contributed by atoms with Gasteiger partial charge >= 0.3 is 5.97 Å². The summed E-state index contributed by atoms with van der Waals surface area (Å²) in [5.74, 6) is -2.64. The molecular weight excluding hydrogens is 340 g/mol. The van der Waals surface area contributed by atoms with E-state index in [1.165, 1.54) is 13.2 Å². The van der Waals surface area contributed by atoms with Gasteiger partial charge in [-0.25, -0.2) is 13.6 Å². The third-order valence-corrected chi connectivity index (χ3v) is 4.24. The topological polar surface area (TPSA) is 55.4 Å². The van der Waals surface area contributed by atoms with E-state index >= 15 is 0 Å². The number of benzene rings is 2. The molecule has 2 rings (SSSR count). The fourth-order valence-corrected chi connectivity index (χ4v) is 2.79. The molecule has 138 valence electrons. The number of hydrogen-bond donors (Lipinski definition) is 1. The molecule has 4 nitrogen and oxygen atoms in total. The molecule has 0 heterocycles. The number of amides is 1. The van der Waals surface area contributed by atoms with Crippen molar-refractivity contribution in [3.63, 3.8) is 0 Å². The molecule has 1 amide bonds. The second-order valence-corrected chi connectivity index (χ2v) is 6.13. The number of rotatable bonds is 6. The van der Waals surface area contributed by atoms with Gasteiger partial charge in [0.25, 0.3) is 0 Å². The smallest absolute Gasteiger partial charge is 0.328 e. The number of carbonyl (C=O) groups is 2. The van der Waals surface area contributed by atoms with Gasteiger partial charge in [-0.05, 0) is 42.2 Å². The van der Waals surface area contributed by atoms with Crippen LogP contribution in [0.1, 0.15) is 22.3 Å².